The molecule has 4 nitrogen and oxygen atoms in total. The van der Waals surface area contributed by atoms with Crippen LogP contribution in [-0.2, 0) is 6.54 Å². The van der Waals surface area contributed by atoms with Gasteiger partial charge in [-0.15, -0.1) is 0 Å². The van der Waals surface area contributed by atoms with E-state index < -0.39 is 5.92 Å². The van der Waals surface area contributed by atoms with Crippen molar-refractivity contribution in [3.8, 4) is 0 Å². The van der Waals surface area contributed by atoms with Crippen LogP contribution in [0.2, 0.25) is 0 Å². The quantitative estimate of drug-likeness (QED) is 0.887. The summed E-state index contributed by atoms with van der Waals surface area (Å²) < 4.78 is 27.0. The molecular weight excluding hydrogens is 348 g/mol. The fourth-order valence-electron chi connectivity index (χ4n) is 4.15. The van der Waals surface area contributed by atoms with Crippen molar-refractivity contribution in [2.45, 2.75) is 51.2 Å². The number of anilines is 1. The molecule has 1 N–H and O–H groups in total. The number of alkyl halides is 2. The molecule has 2 fully saturated rings. The number of benzene rings is 1. The van der Waals surface area contributed by atoms with Crippen molar-refractivity contribution in [3.05, 3.63) is 35.4 Å². The van der Waals surface area contributed by atoms with Crippen LogP contribution in [-0.4, -0.2) is 53.2 Å². The topological polar surface area (TPSA) is 39.6 Å². The zero-order valence-electron chi connectivity index (χ0n) is 15.8. The number of rotatable bonds is 3. The van der Waals surface area contributed by atoms with E-state index in [1.165, 1.54) is 5.56 Å². The number of β-amino-alcohol motifs (C(OH)–C–C–N with tert-alkyl or cyclic N) is 1. The number of halogens is 2. The minimum Gasteiger partial charge on any atom is -0.391 e. The minimum absolute atomic E-state index is 0.0785. The van der Waals surface area contributed by atoms with Gasteiger partial charge in [0.05, 0.1) is 11.6 Å². The highest BCUT2D eigenvalue weighted by Crippen LogP contribution is 2.31. The Morgan fingerprint density at radius 1 is 1.19 bits per heavy atom. The number of hydrogen-bond donors (Lipinski definition) is 1. The van der Waals surface area contributed by atoms with E-state index in [2.05, 4.69) is 34.9 Å². The first-order valence-electron chi connectivity index (χ1n) is 9.83. The highest BCUT2D eigenvalue weighted by molar-refractivity contribution is 5.82. The fourth-order valence-corrected chi connectivity index (χ4v) is 4.15. The molecule has 2 saturated heterocycles. The fraction of sp³-hybridized carbons (Fsp3) is 0.571. The van der Waals surface area contributed by atoms with Gasteiger partial charge in [0, 0.05) is 56.5 Å². The molecule has 1 unspecified atom stereocenters. The Morgan fingerprint density at radius 2 is 1.96 bits per heavy atom. The maximum absolute atomic E-state index is 13.5. The van der Waals surface area contributed by atoms with Crippen molar-refractivity contribution in [2.75, 3.05) is 31.1 Å². The van der Waals surface area contributed by atoms with E-state index >= 15 is 0 Å². The molecule has 3 heterocycles. The Hall–Kier alpha value is -1.79. The Bertz CT molecular complexity index is 816. The standard InChI is InChI=1S/C21H27F2N3O/c1-15-4-5-19-16(11-15)12-17(13-25-9-6-21(22,23)7-10-25)20(24-19)26-8-2-3-18(27)14-26/h4-5,11-12,18,27H,2-3,6-10,13-14H2,1H3. The highest BCUT2D eigenvalue weighted by atomic mass is 19.3. The van der Waals surface area contributed by atoms with Crippen molar-refractivity contribution in [2.24, 2.45) is 0 Å². The molecule has 0 radical (unpaired) electrons. The van der Waals surface area contributed by atoms with Gasteiger partial charge in [0.2, 0.25) is 0 Å². The van der Waals surface area contributed by atoms with E-state index in [0.717, 1.165) is 41.7 Å². The maximum Gasteiger partial charge on any atom is 0.250 e. The van der Waals surface area contributed by atoms with Crippen molar-refractivity contribution in [1.82, 2.24) is 9.88 Å². The number of pyridine rings is 1. The number of aliphatic hydroxyl groups excluding tert-OH is 1. The van der Waals surface area contributed by atoms with Gasteiger partial charge in [0.15, 0.2) is 0 Å². The predicted octanol–water partition coefficient (Wildman–Crippen LogP) is 3.74. The van der Waals surface area contributed by atoms with Gasteiger partial charge in [-0.2, -0.15) is 0 Å². The summed E-state index contributed by atoms with van der Waals surface area (Å²) in [5, 5.41) is 11.2. The van der Waals surface area contributed by atoms with E-state index in [1.54, 1.807) is 0 Å². The lowest BCUT2D eigenvalue weighted by molar-refractivity contribution is -0.0566. The summed E-state index contributed by atoms with van der Waals surface area (Å²) in [7, 11) is 0. The Labute approximate surface area is 158 Å². The first-order valence-corrected chi connectivity index (χ1v) is 9.83. The summed E-state index contributed by atoms with van der Waals surface area (Å²) in [4.78, 5) is 9.16. The largest absolute Gasteiger partial charge is 0.391 e. The molecule has 27 heavy (non-hydrogen) atoms. The van der Waals surface area contributed by atoms with Gasteiger partial charge in [0.25, 0.3) is 5.92 Å². The zero-order chi connectivity index (χ0) is 19.0. The van der Waals surface area contributed by atoms with Crippen LogP contribution >= 0.6 is 0 Å². The van der Waals surface area contributed by atoms with Crippen LogP contribution in [0, 0.1) is 6.92 Å². The number of aromatic nitrogens is 1. The summed E-state index contributed by atoms with van der Waals surface area (Å²) in [5.74, 6) is -1.64. The van der Waals surface area contributed by atoms with Crippen LogP contribution in [0.4, 0.5) is 14.6 Å². The molecule has 2 aliphatic rings. The van der Waals surface area contributed by atoms with Crippen molar-refractivity contribution < 1.29 is 13.9 Å². The van der Waals surface area contributed by atoms with E-state index in [0.29, 0.717) is 26.2 Å². The molecule has 0 aliphatic carbocycles. The number of hydrogen-bond acceptors (Lipinski definition) is 4. The van der Waals surface area contributed by atoms with E-state index in [9.17, 15) is 13.9 Å². The Kier molecular flexibility index (Phi) is 5.03. The number of fused-ring (bicyclic) bond motifs is 1. The molecule has 0 saturated carbocycles. The summed E-state index contributed by atoms with van der Waals surface area (Å²) in [6.07, 6.45) is 1.26. The molecule has 146 valence electrons. The van der Waals surface area contributed by atoms with Crippen molar-refractivity contribution in [1.29, 1.82) is 0 Å². The second-order valence-corrected chi connectivity index (χ2v) is 8.04. The first kappa shape index (κ1) is 18.6. The van der Waals surface area contributed by atoms with Gasteiger partial charge in [-0.3, -0.25) is 4.90 Å². The number of likely N-dealkylation sites (tertiary alicyclic amines) is 1. The monoisotopic (exact) mass is 375 g/mol. The normalized spacial score (nSPS) is 23.7. The molecule has 2 aliphatic heterocycles. The van der Waals surface area contributed by atoms with E-state index in [1.807, 2.05) is 6.07 Å². The lowest BCUT2D eigenvalue weighted by atomic mass is 10.0. The van der Waals surface area contributed by atoms with Gasteiger partial charge < -0.3 is 10.0 Å². The minimum atomic E-state index is -2.53. The lowest BCUT2D eigenvalue weighted by Gasteiger charge is -2.35. The van der Waals surface area contributed by atoms with Gasteiger partial charge in [-0.25, -0.2) is 13.8 Å². The molecule has 0 bridgehead atoms. The Morgan fingerprint density at radius 3 is 2.70 bits per heavy atom. The molecule has 1 aromatic heterocycles. The van der Waals surface area contributed by atoms with Gasteiger partial charge in [0.1, 0.15) is 5.82 Å². The third-order valence-corrected chi connectivity index (χ3v) is 5.70. The number of aliphatic hydroxyl groups is 1. The maximum atomic E-state index is 13.5. The average molecular weight is 375 g/mol. The van der Waals surface area contributed by atoms with Crippen LogP contribution in [0.15, 0.2) is 24.3 Å². The molecule has 4 rings (SSSR count). The molecule has 6 heteroatoms. The SMILES string of the molecule is Cc1ccc2nc(N3CCCC(O)C3)c(CN3CCC(F)(F)CC3)cc2c1. The van der Waals surface area contributed by atoms with E-state index in [-0.39, 0.29) is 18.9 Å². The summed E-state index contributed by atoms with van der Waals surface area (Å²) in [6.45, 7) is 4.93. The van der Waals surface area contributed by atoms with Crippen LogP contribution in [0.5, 0.6) is 0 Å². The third-order valence-electron chi connectivity index (χ3n) is 5.70. The molecule has 0 spiro atoms. The van der Waals surface area contributed by atoms with Gasteiger partial charge >= 0.3 is 0 Å². The van der Waals surface area contributed by atoms with E-state index in [4.69, 9.17) is 4.98 Å². The average Bonchev–Trinajstić information content (AvgIpc) is 2.63. The summed E-state index contributed by atoms with van der Waals surface area (Å²) in [6, 6.07) is 8.35. The van der Waals surface area contributed by atoms with Gasteiger partial charge in [-0.1, -0.05) is 11.6 Å². The molecule has 0 amide bonds. The van der Waals surface area contributed by atoms with Crippen LogP contribution < -0.4 is 4.90 Å². The summed E-state index contributed by atoms with van der Waals surface area (Å²) in [5.41, 5.74) is 3.17. The van der Waals surface area contributed by atoms with Crippen LogP contribution in [0.3, 0.4) is 0 Å². The first-order chi connectivity index (χ1) is 12.9. The van der Waals surface area contributed by atoms with Crippen LogP contribution in [0.1, 0.15) is 36.8 Å². The second-order valence-electron chi connectivity index (χ2n) is 8.04. The Balaban J connectivity index is 1.66. The summed E-state index contributed by atoms with van der Waals surface area (Å²) >= 11 is 0. The molecule has 1 aromatic carbocycles. The lowest BCUT2D eigenvalue weighted by Crippen LogP contribution is -2.41. The van der Waals surface area contributed by atoms with Crippen molar-refractivity contribution in [3.63, 3.8) is 0 Å². The zero-order valence-corrected chi connectivity index (χ0v) is 15.8. The highest BCUT2D eigenvalue weighted by Gasteiger charge is 2.34. The molecular formula is C21H27F2N3O. The molecule has 1 atom stereocenters. The van der Waals surface area contributed by atoms with Crippen molar-refractivity contribution >= 4 is 16.7 Å². The number of aryl methyl sites for hydroxylation is 1. The van der Waals surface area contributed by atoms with Crippen LogP contribution in [0.25, 0.3) is 10.9 Å². The second kappa shape index (κ2) is 7.32. The molecule has 2 aromatic rings. The number of nitrogens with zero attached hydrogens (tertiary/aromatic N) is 3. The van der Waals surface area contributed by atoms with Gasteiger partial charge in [-0.05, 0) is 38.0 Å². The number of piperidine rings is 2. The third kappa shape index (κ3) is 4.22. The smallest absolute Gasteiger partial charge is 0.250 e. The predicted molar refractivity (Wildman–Crippen MR) is 103 cm³/mol.